The minimum atomic E-state index is 0.0409. The highest BCUT2D eigenvalue weighted by molar-refractivity contribution is 5.80. The SMILES string of the molecule is NC1CCCC1C(=O)NC1CC2CCC1O2. The summed E-state index contributed by atoms with van der Waals surface area (Å²) in [6.07, 6.45) is 6.97. The summed E-state index contributed by atoms with van der Waals surface area (Å²) >= 11 is 0. The minimum absolute atomic E-state index is 0.0409. The summed E-state index contributed by atoms with van der Waals surface area (Å²) in [6, 6.07) is 0.318. The van der Waals surface area contributed by atoms with Crippen molar-refractivity contribution in [3.05, 3.63) is 0 Å². The van der Waals surface area contributed by atoms with Gasteiger partial charge in [-0.25, -0.2) is 0 Å². The number of carbonyl (C=O) groups is 1. The number of nitrogens with two attached hydrogens (primary N) is 1. The highest BCUT2D eigenvalue weighted by Gasteiger charge is 2.42. The number of hydrogen-bond donors (Lipinski definition) is 2. The second-order valence-corrected chi connectivity index (χ2v) is 5.43. The van der Waals surface area contributed by atoms with Crippen LogP contribution in [0.15, 0.2) is 0 Å². The zero-order valence-corrected chi connectivity index (χ0v) is 9.52. The van der Waals surface area contributed by atoms with Crippen LogP contribution in [0.25, 0.3) is 0 Å². The van der Waals surface area contributed by atoms with Crippen molar-refractivity contribution in [2.45, 2.75) is 62.8 Å². The van der Waals surface area contributed by atoms with Gasteiger partial charge in [-0.1, -0.05) is 6.42 Å². The summed E-state index contributed by atoms with van der Waals surface area (Å²) < 4.78 is 5.73. The van der Waals surface area contributed by atoms with Gasteiger partial charge in [-0.15, -0.1) is 0 Å². The normalized spacial score (nSPS) is 46.2. The van der Waals surface area contributed by atoms with Crippen molar-refractivity contribution >= 4 is 5.91 Å². The molecule has 3 N–H and O–H groups in total. The first-order chi connectivity index (χ1) is 7.74. The third-order valence-corrected chi connectivity index (χ3v) is 4.34. The Morgan fingerprint density at radius 3 is 2.69 bits per heavy atom. The number of nitrogens with one attached hydrogen (secondary N) is 1. The molecule has 2 heterocycles. The maximum Gasteiger partial charge on any atom is 0.224 e. The summed E-state index contributed by atoms with van der Waals surface area (Å²) in [7, 11) is 0. The van der Waals surface area contributed by atoms with Crippen LogP contribution in [0, 0.1) is 5.92 Å². The van der Waals surface area contributed by atoms with Gasteiger partial charge in [-0.2, -0.15) is 0 Å². The van der Waals surface area contributed by atoms with Gasteiger partial charge in [0.15, 0.2) is 0 Å². The van der Waals surface area contributed by atoms with E-state index in [1.807, 2.05) is 0 Å². The van der Waals surface area contributed by atoms with Crippen LogP contribution in [0.2, 0.25) is 0 Å². The standard InChI is InChI=1S/C12H20N2O2/c13-9-3-1-2-8(9)12(15)14-10-6-7-4-5-11(10)16-7/h7-11H,1-6,13H2,(H,14,15). The van der Waals surface area contributed by atoms with Gasteiger partial charge in [0.1, 0.15) is 0 Å². The molecule has 0 aromatic rings. The van der Waals surface area contributed by atoms with E-state index in [1.165, 1.54) is 6.42 Å². The number of rotatable bonds is 2. The lowest BCUT2D eigenvalue weighted by atomic mass is 9.94. The molecule has 2 saturated heterocycles. The van der Waals surface area contributed by atoms with Crippen LogP contribution in [0.5, 0.6) is 0 Å². The Balaban J connectivity index is 1.56. The molecule has 3 fully saturated rings. The lowest BCUT2D eigenvalue weighted by Crippen LogP contribution is -2.46. The molecular formula is C12H20N2O2. The van der Waals surface area contributed by atoms with Gasteiger partial charge in [0.2, 0.25) is 5.91 Å². The number of carbonyl (C=O) groups excluding carboxylic acids is 1. The average molecular weight is 224 g/mol. The maximum absolute atomic E-state index is 12.0. The minimum Gasteiger partial charge on any atom is -0.373 e. The fraction of sp³-hybridized carbons (Fsp3) is 0.917. The molecular weight excluding hydrogens is 204 g/mol. The van der Waals surface area contributed by atoms with E-state index in [9.17, 15) is 4.79 Å². The van der Waals surface area contributed by atoms with Gasteiger partial charge in [0.25, 0.3) is 0 Å². The molecule has 5 atom stereocenters. The zero-order valence-electron chi connectivity index (χ0n) is 9.52. The van der Waals surface area contributed by atoms with E-state index in [4.69, 9.17) is 10.5 Å². The molecule has 0 spiro atoms. The quantitative estimate of drug-likeness (QED) is 0.720. The summed E-state index contributed by atoms with van der Waals surface area (Å²) in [5, 5.41) is 3.14. The summed E-state index contributed by atoms with van der Waals surface area (Å²) in [4.78, 5) is 12.0. The van der Waals surface area contributed by atoms with Crippen LogP contribution in [-0.2, 0) is 9.53 Å². The first-order valence-corrected chi connectivity index (χ1v) is 6.45. The van der Waals surface area contributed by atoms with Crippen LogP contribution >= 0.6 is 0 Å². The monoisotopic (exact) mass is 224 g/mol. The van der Waals surface area contributed by atoms with Crippen molar-refractivity contribution in [1.29, 1.82) is 0 Å². The molecule has 3 rings (SSSR count). The van der Waals surface area contributed by atoms with Gasteiger partial charge in [-0.3, -0.25) is 4.79 Å². The van der Waals surface area contributed by atoms with Crippen molar-refractivity contribution in [3.8, 4) is 0 Å². The lowest BCUT2D eigenvalue weighted by Gasteiger charge is -2.23. The Morgan fingerprint density at radius 1 is 1.25 bits per heavy atom. The maximum atomic E-state index is 12.0. The molecule has 90 valence electrons. The fourth-order valence-corrected chi connectivity index (χ4v) is 3.39. The van der Waals surface area contributed by atoms with Gasteiger partial charge in [-0.05, 0) is 32.1 Å². The lowest BCUT2D eigenvalue weighted by molar-refractivity contribution is -0.126. The molecule has 16 heavy (non-hydrogen) atoms. The van der Waals surface area contributed by atoms with Crippen molar-refractivity contribution < 1.29 is 9.53 Å². The van der Waals surface area contributed by atoms with E-state index in [-0.39, 0.29) is 30.0 Å². The Bertz CT molecular complexity index is 295. The van der Waals surface area contributed by atoms with Crippen molar-refractivity contribution in [2.75, 3.05) is 0 Å². The predicted octanol–water partition coefficient (Wildman–Crippen LogP) is 0.550. The van der Waals surface area contributed by atoms with Crippen LogP contribution < -0.4 is 11.1 Å². The third-order valence-electron chi connectivity index (χ3n) is 4.34. The van der Waals surface area contributed by atoms with Crippen LogP contribution in [0.3, 0.4) is 0 Å². The number of hydrogen-bond acceptors (Lipinski definition) is 3. The number of ether oxygens (including phenoxy) is 1. The summed E-state index contributed by atoms with van der Waals surface area (Å²) in [5.74, 6) is 0.199. The molecule has 1 aliphatic carbocycles. The van der Waals surface area contributed by atoms with Crippen LogP contribution in [-0.4, -0.2) is 30.2 Å². The van der Waals surface area contributed by atoms with E-state index in [1.54, 1.807) is 0 Å². The Labute approximate surface area is 95.9 Å². The first kappa shape index (κ1) is 10.5. The van der Waals surface area contributed by atoms with Gasteiger partial charge in [0.05, 0.1) is 24.2 Å². The molecule has 4 heteroatoms. The molecule has 2 aliphatic heterocycles. The van der Waals surface area contributed by atoms with Gasteiger partial charge >= 0.3 is 0 Å². The molecule has 0 aromatic carbocycles. The van der Waals surface area contributed by atoms with E-state index in [0.29, 0.717) is 6.10 Å². The molecule has 5 unspecified atom stereocenters. The molecule has 1 saturated carbocycles. The van der Waals surface area contributed by atoms with Crippen molar-refractivity contribution in [2.24, 2.45) is 11.7 Å². The van der Waals surface area contributed by atoms with E-state index in [0.717, 1.165) is 32.1 Å². The van der Waals surface area contributed by atoms with E-state index < -0.39 is 0 Å². The molecule has 1 amide bonds. The Kier molecular flexibility index (Phi) is 2.64. The Morgan fingerprint density at radius 2 is 2.12 bits per heavy atom. The smallest absolute Gasteiger partial charge is 0.224 e. The molecule has 4 nitrogen and oxygen atoms in total. The van der Waals surface area contributed by atoms with E-state index >= 15 is 0 Å². The molecule has 3 aliphatic rings. The van der Waals surface area contributed by atoms with Crippen LogP contribution in [0.4, 0.5) is 0 Å². The number of amides is 1. The molecule has 2 bridgehead atoms. The third kappa shape index (κ3) is 1.74. The fourth-order valence-electron chi connectivity index (χ4n) is 3.39. The second kappa shape index (κ2) is 4.00. The topological polar surface area (TPSA) is 64.4 Å². The largest absolute Gasteiger partial charge is 0.373 e. The number of fused-ring (bicyclic) bond motifs is 2. The highest BCUT2D eigenvalue weighted by Crippen LogP contribution is 2.35. The zero-order chi connectivity index (χ0) is 11.1. The highest BCUT2D eigenvalue weighted by atomic mass is 16.5. The van der Waals surface area contributed by atoms with Crippen molar-refractivity contribution in [1.82, 2.24) is 5.32 Å². The summed E-state index contributed by atoms with van der Waals surface area (Å²) in [5.41, 5.74) is 5.94. The van der Waals surface area contributed by atoms with Crippen molar-refractivity contribution in [3.63, 3.8) is 0 Å². The first-order valence-electron chi connectivity index (χ1n) is 6.45. The van der Waals surface area contributed by atoms with E-state index in [2.05, 4.69) is 5.32 Å². The Hall–Kier alpha value is -0.610. The molecule has 0 radical (unpaired) electrons. The second-order valence-electron chi connectivity index (χ2n) is 5.43. The molecule has 0 aromatic heterocycles. The van der Waals surface area contributed by atoms with Gasteiger partial charge < -0.3 is 15.8 Å². The van der Waals surface area contributed by atoms with Crippen LogP contribution in [0.1, 0.15) is 38.5 Å². The summed E-state index contributed by atoms with van der Waals surface area (Å²) in [6.45, 7) is 0. The average Bonchev–Trinajstić information content (AvgIpc) is 2.92. The van der Waals surface area contributed by atoms with Gasteiger partial charge in [0, 0.05) is 6.04 Å². The predicted molar refractivity (Wildman–Crippen MR) is 59.8 cm³/mol.